The molecule has 1 N–H and O–H groups in total. The molecule has 13 heteroatoms. The number of pyridine rings is 2. The normalized spacial score (nSPS) is 12.8. The lowest BCUT2D eigenvalue weighted by Gasteiger charge is -2.36. The Morgan fingerprint density at radius 2 is 1.76 bits per heavy atom. The van der Waals surface area contributed by atoms with Crippen LogP contribution in [-0.4, -0.2) is 39.1 Å². The van der Waals surface area contributed by atoms with Gasteiger partial charge in [0.25, 0.3) is 10.0 Å². The minimum atomic E-state index is -4.75. The molecule has 0 aliphatic carbocycles. The van der Waals surface area contributed by atoms with Crippen LogP contribution >= 0.6 is 11.6 Å². The Kier molecular flexibility index (Phi) is 9.73. The molecule has 0 radical (unpaired) electrons. The van der Waals surface area contributed by atoms with Crippen LogP contribution in [0.1, 0.15) is 60.1 Å². The van der Waals surface area contributed by atoms with Gasteiger partial charge in [-0.25, -0.2) is 13.4 Å². The van der Waals surface area contributed by atoms with E-state index in [-0.39, 0.29) is 32.6 Å². The van der Waals surface area contributed by atoms with Gasteiger partial charge in [0.2, 0.25) is 5.78 Å². The largest absolute Gasteiger partial charge is 0.417 e. The third-order valence-electron chi connectivity index (χ3n) is 7.06. The lowest BCUT2D eigenvalue weighted by molar-refractivity contribution is -0.138. The third-order valence-corrected chi connectivity index (χ3v) is 13.2. The first-order valence-electron chi connectivity index (χ1n) is 12.8. The fourth-order valence-corrected chi connectivity index (χ4v) is 5.99. The first kappa shape index (κ1) is 32.7. The summed E-state index contributed by atoms with van der Waals surface area (Å²) in [5.41, 5.74) is -0.885. The van der Waals surface area contributed by atoms with E-state index < -0.39 is 40.8 Å². The molecule has 0 amide bonds. The van der Waals surface area contributed by atoms with Gasteiger partial charge < -0.3 is 4.43 Å². The summed E-state index contributed by atoms with van der Waals surface area (Å²) in [7, 11) is -6.43. The number of ketones is 1. The van der Waals surface area contributed by atoms with Gasteiger partial charge >= 0.3 is 6.18 Å². The summed E-state index contributed by atoms with van der Waals surface area (Å²) in [6.45, 7) is 12.6. The van der Waals surface area contributed by atoms with Crippen LogP contribution in [-0.2, 0) is 27.0 Å². The number of aryl methyl sites for hydroxylation is 2. The molecule has 3 aromatic rings. The lowest BCUT2D eigenvalue weighted by atomic mass is 10.1. The molecule has 0 saturated carbocycles. The summed E-state index contributed by atoms with van der Waals surface area (Å²) in [5, 5.41) is 0.110. The monoisotopic (exact) mass is 627 g/mol. The molecule has 41 heavy (non-hydrogen) atoms. The number of nitrogens with zero attached hydrogens (tertiary/aromatic N) is 2. The minimum Gasteiger partial charge on any atom is -0.417 e. The van der Waals surface area contributed by atoms with Crippen molar-refractivity contribution in [2.24, 2.45) is 0 Å². The van der Waals surface area contributed by atoms with Gasteiger partial charge in [-0.3, -0.25) is 14.5 Å². The van der Waals surface area contributed by atoms with E-state index in [1.165, 1.54) is 31.5 Å². The Morgan fingerprint density at radius 3 is 2.39 bits per heavy atom. The summed E-state index contributed by atoms with van der Waals surface area (Å²) in [6.07, 6.45) is -0.844. The van der Waals surface area contributed by atoms with E-state index in [1.54, 1.807) is 6.07 Å². The number of anilines is 1. The predicted molar refractivity (Wildman–Crippen MR) is 155 cm³/mol. The SMILES string of the molecule is Cc1ccc(S(=O)(=O)Nc2cc(Cl)cnc2C(=O)c2ccnc(CCCO[Si](C)(C)C(C)(C)C)c2)cc1C(F)(F)F. The molecule has 222 valence electrons. The zero-order valence-electron chi connectivity index (χ0n) is 23.7. The highest BCUT2D eigenvalue weighted by Gasteiger charge is 2.37. The number of carbonyl (C=O) groups is 1. The van der Waals surface area contributed by atoms with Crippen LogP contribution in [0.5, 0.6) is 0 Å². The molecular formula is C28H33ClF3N3O4SSi. The second-order valence-electron chi connectivity index (χ2n) is 11.2. The van der Waals surface area contributed by atoms with Gasteiger partial charge in [-0.2, -0.15) is 13.2 Å². The zero-order chi connectivity index (χ0) is 30.8. The van der Waals surface area contributed by atoms with Crippen LogP contribution in [0.2, 0.25) is 23.2 Å². The number of sulfonamides is 1. The maximum absolute atomic E-state index is 13.4. The van der Waals surface area contributed by atoms with Gasteiger partial charge in [-0.15, -0.1) is 0 Å². The highest BCUT2D eigenvalue weighted by Crippen LogP contribution is 2.37. The number of carbonyl (C=O) groups excluding carboxylic acids is 1. The van der Waals surface area contributed by atoms with Gasteiger partial charge in [-0.05, 0) is 73.8 Å². The van der Waals surface area contributed by atoms with E-state index >= 15 is 0 Å². The molecule has 0 atom stereocenters. The summed E-state index contributed by atoms with van der Waals surface area (Å²) in [4.78, 5) is 21.2. The minimum absolute atomic E-state index is 0.0243. The lowest BCUT2D eigenvalue weighted by Crippen LogP contribution is -2.41. The maximum Gasteiger partial charge on any atom is 0.416 e. The van der Waals surface area contributed by atoms with Gasteiger partial charge in [0.1, 0.15) is 5.69 Å². The molecule has 0 aliphatic heterocycles. The quantitative estimate of drug-likeness (QED) is 0.142. The molecular weight excluding hydrogens is 595 g/mol. The van der Waals surface area contributed by atoms with Crippen molar-refractivity contribution in [1.29, 1.82) is 0 Å². The van der Waals surface area contributed by atoms with E-state index in [2.05, 4.69) is 48.6 Å². The molecule has 0 saturated heterocycles. The Labute approximate surface area is 244 Å². The summed E-state index contributed by atoms with van der Waals surface area (Å²) >= 11 is 6.03. The predicted octanol–water partition coefficient (Wildman–Crippen LogP) is 7.44. The van der Waals surface area contributed by atoms with E-state index in [0.717, 1.165) is 12.1 Å². The van der Waals surface area contributed by atoms with E-state index in [0.29, 0.717) is 31.2 Å². The molecule has 0 fully saturated rings. The highest BCUT2D eigenvalue weighted by atomic mass is 35.5. The molecule has 1 aromatic carbocycles. The van der Waals surface area contributed by atoms with Gasteiger partial charge in [-0.1, -0.05) is 38.4 Å². The van der Waals surface area contributed by atoms with Crippen molar-refractivity contribution < 1.29 is 30.8 Å². The first-order chi connectivity index (χ1) is 18.8. The fourth-order valence-electron chi connectivity index (χ4n) is 3.67. The molecule has 0 spiro atoms. The molecule has 7 nitrogen and oxygen atoms in total. The number of nitrogens with one attached hydrogen (secondary N) is 1. The van der Waals surface area contributed by atoms with E-state index in [9.17, 15) is 26.4 Å². The van der Waals surface area contributed by atoms with Crippen LogP contribution in [0.25, 0.3) is 0 Å². The molecule has 2 heterocycles. The standard InChI is InChI=1S/C28H33ClF3N3O4SSi/c1-18-9-10-22(16-23(18)28(30,31)32)40(37,38)35-24-15-20(29)17-34-25(24)26(36)19-11-12-33-21(14-19)8-7-13-39-41(5,6)27(2,3)4/h9-12,14-17,35H,7-8,13H2,1-6H3. The molecule has 0 unspecified atom stereocenters. The average Bonchev–Trinajstić information content (AvgIpc) is 2.85. The first-order valence-corrected chi connectivity index (χ1v) is 17.6. The van der Waals surface area contributed by atoms with Crippen molar-refractivity contribution in [3.63, 3.8) is 0 Å². The Balaban J connectivity index is 1.83. The van der Waals surface area contributed by atoms with Crippen molar-refractivity contribution in [1.82, 2.24) is 9.97 Å². The second kappa shape index (κ2) is 12.2. The molecule has 2 aromatic heterocycles. The van der Waals surface area contributed by atoms with Crippen molar-refractivity contribution in [3.05, 3.63) is 81.9 Å². The van der Waals surface area contributed by atoms with Crippen LogP contribution in [0.4, 0.5) is 18.9 Å². The number of alkyl halides is 3. The fraction of sp³-hybridized carbons (Fsp3) is 0.393. The van der Waals surface area contributed by atoms with Gasteiger partial charge in [0.05, 0.1) is 21.2 Å². The van der Waals surface area contributed by atoms with E-state index in [1.807, 2.05) is 0 Å². The summed E-state index contributed by atoms with van der Waals surface area (Å²) < 4.78 is 74.7. The van der Waals surface area contributed by atoms with Crippen LogP contribution in [0.3, 0.4) is 0 Å². The third kappa shape index (κ3) is 8.15. The smallest absolute Gasteiger partial charge is 0.416 e. The van der Waals surface area contributed by atoms with Crippen LogP contribution in [0, 0.1) is 6.92 Å². The van der Waals surface area contributed by atoms with Gasteiger partial charge in [0, 0.05) is 30.3 Å². The molecule has 0 aliphatic rings. The van der Waals surface area contributed by atoms with E-state index in [4.69, 9.17) is 16.0 Å². The highest BCUT2D eigenvalue weighted by molar-refractivity contribution is 7.92. The summed E-state index contributed by atoms with van der Waals surface area (Å²) in [5.74, 6) is -0.611. The average molecular weight is 628 g/mol. The second-order valence-corrected chi connectivity index (χ2v) is 18.1. The Morgan fingerprint density at radius 1 is 1.07 bits per heavy atom. The number of aromatic nitrogens is 2. The summed E-state index contributed by atoms with van der Waals surface area (Å²) in [6, 6.07) is 6.91. The van der Waals surface area contributed by atoms with Crippen LogP contribution in [0.15, 0.2) is 53.7 Å². The zero-order valence-corrected chi connectivity index (χ0v) is 26.3. The van der Waals surface area contributed by atoms with Crippen molar-refractivity contribution in [3.8, 4) is 0 Å². The number of rotatable bonds is 10. The van der Waals surface area contributed by atoms with Gasteiger partial charge in [0.15, 0.2) is 8.32 Å². The number of halogens is 4. The number of hydrogen-bond acceptors (Lipinski definition) is 6. The Bertz CT molecular complexity index is 1540. The number of hydrogen-bond donors (Lipinski definition) is 1. The number of benzene rings is 1. The van der Waals surface area contributed by atoms with Crippen molar-refractivity contribution in [2.75, 3.05) is 11.3 Å². The maximum atomic E-state index is 13.4. The van der Waals surface area contributed by atoms with Crippen molar-refractivity contribution >= 4 is 41.4 Å². The molecule has 3 rings (SSSR count). The molecule has 0 bridgehead atoms. The van der Waals surface area contributed by atoms with Crippen LogP contribution < -0.4 is 4.72 Å². The topological polar surface area (TPSA) is 98.2 Å². The Hall–Kier alpha value is -2.80. The van der Waals surface area contributed by atoms with Crippen molar-refractivity contribution in [2.45, 2.75) is 69.7 Å².